The van der Waals surface area contributed by atoms with Crippen LogP contribution in [0.3, 0.4) is 0 Å². The third-order valence-corrected chi connectivity index (χ3v) is 6.56. The minimum atomic E-state index is -0.168. The van der Waals surface area contributed by atoms with Crippen LogP contribution in [0.15, 0.2) is 53.6 Å². The minimum Gasteiger partial charge on any atom is -0.376 e. The van der Waals surface area contributed by atoms with Gasteiger partial charge in [0.1, 0.15) is 17.2 Å². The quantitative estimate of drug-likeness (QED) is 0.383. The maximum Gasteiger partial charge on any atom is 0.265 e. The van der Waals surface area contributed by atoms with E-state index in [2.05, 4.69) is 4.98 Å². The van der Waals surface area contributed by atoms with Crippen molar-refractivity contribution in [3.8, 4) is 5.69 Å². The van der Waals surface area contributed by atoms with Gasteiger partial charge in [-0.05, 0) is 43.2 Å². The Morgan fingerprint density at radius 3 is 2.59 bits per heavy atom. The third-order valence-electron chi connectivity index (χ3n) is 5.82. The van der Waals surface area contributed by atoms with E-state index in [-0.39, 0.29) is 11.7 Å². The van der Waals surface area contributed by atoms with Crippen molar-refractivity contribution in [3.05, 3.63) is 69.2 Å². The zero-order valence-corrected chi connectivity index (χ0v) is 18.3. The zero-order chi connectivity index (χ0) is 21.8. The monoisotopic (exact) mass is 465 g/mol. The first-order valence-electron chi connectivity index (χ1n) is 10.3. The van der Waals surface area contributed by atoms with Gasteiger partial charge in [-0.1, -0.05) is 35.3 Å². The summed E-state index contributed by atoms with van der Waals surface area (Å²) >= 11 is 12.4. The van der Waals surface area contributed by atoms with Gasteiger partial charge in [0, 0.05) is 6.61 Å². The van der Waals surface area contributed by atoms with Gasteiger partial charge in [0.25, 0.3) is 5.56 Å². The fourth-order valence-electron chi connectivity index (χ4n) is 4.28. The second kappa shape index (κ2) is 7.55. The van der Waals surface area contributed by atoms with E-state index in [4.69, 9.17) is 37.9 Å². The molecule has 1 aliphatic rings. The molecular weight excluding hydrogens is 449 g/mol. The molecule has 0 radical (unpaired) electrons. The van der Waals surface area contributed by atoms with Crippen LogP contribution >= 0.6 is 23.2 Å². The highest BCUT2D eigenvalue weighted by atomic mass is 35.5. The molecule has 7 nitrogen and oxygen atoms in total. The van der Waals surface area contributed by atoms with E-state index in [1.807, 2.05) is 34.9 Å². The number of nitrogens with zero attached hydrogens (tertiary/aromatic N) is 5. The predicted molar refractivity (Wildman–Crippen MR) is 125 cm³/mol. The molecule has 1 saturated heterocycles. The van der Waals surface area contributed by atoms with Crippen LogP contribution in [0.5, 0.6) is 0 Å². The van der Waals surface area contributed by atoms with Gasteiger partial charge in [0.15, 0.2) is 11.3 Å². The lowest BCUT2D eigenvalue weighted by Gasteiger charge is -2.11. The van der Waals surface area contributed by atoms with E-state index in [9.17, 15) is 4.79 Å². The number of ether oxygens (including phenoxy) is 1. The highest BCUT2D eigenvalue weighted by Gasteiger charge is 2.23. The largest absolute Gasteiger partial charge is 0.376 e. The molecule has 0 amide bonds. The normalized spacial score (nSPS) is 16.5. The van der Waals surface area contributed by atoms with Gasteiger partial charge < -0.3 is 4.74 Å². The van der Waals surface area contributed by atoms with Crippen LogP contribution in [-0.4, -0.2) is 36.8 Å². The minimum absolute atomic E-state index is 0.0160. The van der Waals surface area contributed by atoms with Crippen LogP contribution < -0.4 is 5.56 Å². The topological polar surface area (TPSA) is 74.8 Å². The second-order valence-corrected chi connectivity index (χ2v) is 8.67. The number of para-hydroxylation sites is 2. The molecule has 1 aliphatic heterocycles. The number of benzene rings is 2. The smallest absolute Gasteiger partial charge is 0.265 e. The fraction of sp³-hybridized carbons (Fsp3) is 0.217. The summed E-state index contributed by atoms with van der Waals surface area (Å²) in [6.45, 7) is 1.19. The van der Waals surface area contributed by atoms with Gasteiger partial charge in [-0.25, -0.2) is 15.0 Å². The average molecular weight is 466 g/mol. The maximum absolute atomic E-state index is 13.6. The van der Waals surface area contributed by atoms with E-state index in [0.717, 1.165) is 25.0 Å². The molecule has 0 saturated carbocycles. The summed E-state index contributed by atoms with van der Waals surface area (Å²) in [5.74, 6) is 0. The van der Waals surface area contributed by atoms with Crippen molar-refractivity contribution in [2.45, 2.75) is 25.5 Å². The van der Waals surface area contributed by atoms with Crippen molar-refractivity contribution in [2.24, 2.45) is 0 Å². The molecule has 6 rings (SSSR count). The second-order valence-electron chi connectivity index (χ2n) is 7.85. The van der Waals surface area contributed by atoms with Gasteiger partial charge in [0.2, 0.25) is 0 Å². The summed E-state index contributed by atoms with van der Waals surface area (Å²) in [5, 5.41) is 1.27. The molecular formula is C23H17Cl2N5O2. The summed E-state index contributed by atoms with van der Waals surface area (Å²) in [5.41, 5.74) is 3.49. The Morgan fingerprint density at radius 2 is 1.84 bits per heavy atom. The molecule has 2 aromatic carbocycles. The average Bonchev–Trinajstić information content (AvgIpc) is 3.42. The lowest BCUT2D eigenvalue weighted by molar-refractivity contribution is 0.0960. The van der Waals surface area contributed by atoms with E-state index in [1.165, 1.54) is 0 Å². The number of rotatable bonds is 3. The lowest BCUT2D eigenvalue weighted by atomic mass is 10.2. The van der Waals surface area contributed by atoms with Gasteiger partial charge in [-0.15, -0.1) is 0 Å². The van der Waals surface area contributed by atoms with Crippen molar-refractivity contribution >= 4 is 56.4 Å². The Kier molecular flexibility index (Phi) is 4.64. The molecule has 1 fully saturated rings. The standard InChI is InChI=1S/C23H17Cl2N5O2/c24-15-8-7-13(10-16(15)25)30-21-19(20-22(30)28-18-6-2-1-5-17(18)27-20)23(31)29(12-26-21)11-14-4-3-9-32-14/h1-2,5-8,10,12,14H,3-4,9,11H2. The van der Waals surface area contributed by atoms with Crippen molar-refractivity contribution in [3.63, 3.8) is 0 Å². The van der Waals surface area contributed by atoms with Gasteiger partial charge in [0.05, 0.1) is 39.4 Å². The lowest BCUT2D eigenvalue weighted by Crippen LogP contribution is -2.26. The van der Waals surface area contributed by atoms with Crippen LogP contribution in [-0.2, 0) is 11.3 Å². The fourth-order valence-corrected chi connectivity index (χ4v) is 4.57. The van der Waals surface area contributed by atoms with Crippen LogP contribution in [0.4, 0.5) is 0 Å². The van der Waals surface area contributed by atoms with E-state index >= 15 is 0 Å². The molecule has 32 heavy (non-hydrogen) atoms. The Hall–Kier alpha value is -3.00. The van der Waals surface area contributed by atoms with Crippen molar-refractivity contribution in [2.75, 3.05) is 6.61 Å². The molecule has 0 bridgehead atoms. The molecule has 4 heterocycles. The molecule has 1 unspecified atom stereocenters. The molecule has 9 heteroatoms. The number of aromatic nitrogens is 5. The first kappa shape index (κ1) is 19.7. The first-order chi connectivity index (χ1) is 15.6. The molecule has 1 atom stereocenters. The van der Waals surface area contributed by atoms with Crippen LogP contribution in [0.25, 0.3) is 38.9 Å². The van der Waals surface area contributed by atoms with Gasteiger partial charge >= 0.3 is 0 Å². The SMILES string of the molecule is O=c1c2c3nc4ccccc4nc3n(-c3ccc(Cl)c(Cl)c3)c2ncn1CC1CCCO1. The highest BCUT2D eigenvalue weighted by molar-refractivity contribution is 6.42. The molecule has 0 aliphatic carbocycles. The van der Waals surface area contributed by atoms with Crippen molar-refractivity contribution in [1.29, 1.82) is 0 Å². The van der Waals surface area contributed by atoms with Gasteiger partial charge in [-0.3, -0.25) is 13.9 Å². The summed E-state index contributed by atoms with van der Waals surface area (Å²) in [4.78, 5) is 27.9. The van der Waals surface area contributed by atoms with E-state index in [1.54, 1.807) is 23.0 Å². The molecule has 160 valence electrons. The summed E-state index contributed by atoms with van der Waals surface area (Å²) in [6, 6.07) is 12.8. The van der Waals surface area contributed by atoms with Gasteiger partial charge in [-0.2, -0.15) is 0 Å². The van der Waals surface area contributed by atoms with Crippen LogP contribution in [0.2, 0.25) is 10.0 Å². The summed E-state index contributed by atoms with van der Waals surface area (Å²) < 4.78 is 9.13. The number of fused-ring (bicyclic) bond motifs is 4. The summed E-state index contributed by atoms with van der Waals surface area (Å²) in [7, 11) is 0. The Bertz CT molecular complexity index is 1570. The first-order valence-corrected chi connectivity index (χ1v) is 11.1. The Labute approximate surface area is 192 Å². The molecule has 0 N–H and O–H groups in total. The predicted octanol–water partition coefficient (Wildman–Crippen LogP) is 4.77. The molecule has 5 aromatic rings. The maximum atomic E-state index is 13.6. The number of halogens is 2. The van der Waals surface area contributed by atoms with Crippen LogP contribution in [0.1, 0.15) is 12.8 Å². The third kappa shape index (κ3) is 3.08. The van der Waals surface area contributed by atoms with Crippen molar-refractivity contribution < 1.29 is 4.74 Å². The number of hydrogen-bond acceptors (Lipinski definition) is 5. The van der Waals surface area contributed by atoms with E-state index < -0.39 is 0 Å². The molecule has 0 spiro atoms. The zero-order valence-electron chi connectivity index (χ0n) is 16.8. The number of hydrogen-bond donors (Lipinski definition) is 0. The molecule has 3 aromatic heterocycles. The highest BCUT2D eigenvalue weighted by Crippen LogP contribution is 2.31. The Balaban J connectivity index is 1.69. The van der Waals surface area contributed by atoms with Crippen molar-refractivity contribution in [1.82, 2.24) is 24.1 Å². The van der Waals surface area contributed by atoms with Crippen LogP contribution in [0, 0.1) is 0 Å². The Morgan fingerprint density at radius 1 is 1.03 bits per heavy atom. The summed E-state index contributed by atoms with van der Waals surface area (Å²) in [6.07, 6.45) is 3.52. The van der Waals surface area contributed by atoms with E-state index in [0.29, 0.717) is 50.0 Å².